The zero-order chi connectivity index (χ0) is 14.7. The van der Waals surface area contributed by atoms with E-state index in [4.69, 9.17) is 0 Å². The number of nitrogens with zero attached hydrogens (tertiary/aromatic N) is 2. The van der Waals surface area contributed by atoms with Gasteiger partial charge in [0.15, 0.2) is 0 Å². The lowest BCUT2D eigenvalue weighted by Crippen LogP contribution is -2.31. The van der Waals surface area contributed by atoms with Gasteiger partial charge in [0, 0.05) is 31.5 Å². The molecule has 0 bridgehead atoms. The van der Waals surface area contributed by atoms with Crippen LogP contribution in [0, 0.1) is 0 Å². The number of hydrogen-bond acceptors (Lipinski definition) is 4. The molecule has 0 radical (unpaired) electrons. The predicted molar refractivity (Wildman–Crippen MR) is 82.3 cm³/mol. The van der Waals surface area contributed by atoms with Gasteiger partial charge >= 0.3 is 0 Å². The molecule has 1 aromatic heterocycles. The third-order valence-electron chi connectivity index (χ3n) is 3.57. The molecular formula is C16H16N2O2S. The summed E-state index contributed by atoms with van der Waals surface area (Å²) in [7, 11) is 0. The summed E-state index contributed by atoms with van der Waals surface area (Å²) in [5, 5.41) is 0.852. The quantitative estimate of drug-likeness (QED) is 0.856. The molecule has 0 N–H and O–H groups in total. The van der Waals surface area contributed by atoms with Crippen molar-refractivity contribution in [3.05, 3.63) is 41.4 Å². The maximum Gasteiger partial charge on any atom is 0.265 e. The highest BCUT2D eigenvalue weighted by Crippen LogP contribution is 2.26. The third-order valence-corrected chi connectivity index (χ3v) is 4.60. The minimum atomic E-state index is -0.00983. The molecule has 108 valence electrons. The van der Waals surface area contributed by atoms with Crippen LogP contribution in [-0.4, -0.2) is 34.7 Å². The lowest BCUT2D eigenvalue weighted by atomic mass is 10.2. The number of aromatic nitrogens is 1. The Hall–Kier alpha value is -2.01. The average molecular weight is 300 g/mol. The molecule has 21 heavy (non-hydrogen) atoms. The van der Waals surface area contributed by atoms with Gasteiger partial charge in [0.25, 0.3) is 5.91 Å². The molecule has 3 rings (SSSR count). The van der Waals surface area contributed by atoms with Crippen LogP contribution < -0.4 is 0 Å². The van der Waals surface area contributed by atoms with Crippen molar-refractivity contribution in [2.45, 2.75) is 19.3 Å². The number of rotatable bonds is 2. The second kappa shape index (κ2) is 6.18. The molecule has 1 amide bonds. The second-order valence-corrected chi connectivity index (χ2v) is 6.11. The van der Waals surface area contributed by atoms with E-state index in [-0.39, 0.29) is 11.7 Å². The minimum absolute atomic E-state index is 0.00983. The van der Waals surface area contributed by atoms with E-state index in [0.29, 0.717) is 30.8 Å². The van der Waals surface area contributed by atoms with E-state index in [2.05, 4.69) is 4.98 Å². The lowest BCUT2D eigenvalue weighted by molar-refractivity contribution is -0.118. The molecule has 1 aromatic carbocycles. The van der Waals surface area contributed by atoms with Crippen LogP contribution in [0.4, 0.5) is 0 Å². The van der Waals surface area contributed by atoms with Crippen LogP contribution in [0.15, 0.2) is 36.5 Å². The standard InChI is InChI=1S/C16H16N2O2S/c19-13-7-4-9-18(10-8-13)16(20)14-11-17-15(21-14)12-5-2-1-3-6-12/h1-3,5-6,11H,4,7-10H2. The first kappa shape index (κ1) is 13.9. The van der Waals surface area contributed by atoms with Crippen LogP contribution in [0.1, 0.15) is 28.9 Å². The molecule has 1 aliphatic rings. The molecule has 5 heteroatoms. The van der Waals surface area contributed by atoms with Crippen molar-refractivity contribution in [1.29, 1.82) is 0 Å². The first-order valence-electron chi connectivity index (χ1n) is 7.06. The summed E-state index contributed by atoms with van der Waals surface area (Å²) in [6.45, 7) is 1.18. The van der Waals surface area contributed by atoms with Gasteiger partial charge in [-0.25, -0.2) is 4.98 Å². The van der Waals surface area contributed by atoms with Gasteiger partial charge < -0.3 is 4.90 Å². The van der Waals surface area contributed by atoms with Crippen LogP contribution in [0.3, 0.4) is 0 Å². The Morgan fingerprint density at radius 1 is 1.14 bits per heavy atom. The number of amides is 1. The summed E-state index contributed by atoms with van der Waals surface area (Å²) >= 11 is 1.41. The second-order valence-electron chi connectivity index (χ2n) is 5.08. The molecule has 0 unspecified atom stereocenters. The molecule has 2 heterocycles. The topological polar surface area (TPSA) is 50.3 Å². The van der Waals surface area contributed by atoms with E-state index in [1.165, 1.54) is 11.3 Å². The zero-order valence-electron chi connectivity index (χ0n) is 11.6. The van der Waals surface area contributed by atoms with Crippen LogP contribution in [-0.2, 0) is 4.79 Å². The number of carbonyl (C=O) groups excluding carboxylic acids is 2. The number of benzene rings is 1. The smallest absolute Gasteiger partial charge is 0.265 e. The summed E-state index contributed by atoms with van der Waals surface area (Å²) < 4.78 is 0. The highest BCUT2D eigenvalue weighted by Gasteiger charge is 2.22. The van der Waals surface area contributed by atoms with Gasteiger partial charge in [-0.1, -0.05) is 30.3 Å². The molecule has 1 saturated heterocycles. The molecule has 1 fully saturated rings. The highest BCUT2D eigenvalue weighted by atomic mass is 32.1. The maximum atomic E-state index is 12.5. The summed E-state index contributed by atoms with van der Waals surface area (Å²) in [5.41, 5.74) is 1.02. The van der Waals surface area contributed by atoms with Crippen molar-refractivity contribution in [3.8, 4) is 10.6 Å². The molecule has 1 aliphatic heterocycles. The van der Waals surface area contributed by atoms with Gasteiger partial charge in [-0.3, -0.25) is 9.59 Å². The summed E-state index contributed by atoms with van der Waals surface area (Å²) in [6.07, 6.45) is 3.45. The average Bonchev–Trinajstić information content (AvgIpc) is 2.91. The van der Waals surface area contributed by atoms with Crippen LogP contribution >= 0.6 is 11.3 Å². The number of ketones is 1. The fraction of sp³-hybridized carbons (Fsp3) is 0.312. The monoisotopic (exact) mass is 300 g/mol. The van der Waals surface area contributed by atoms with Crippen molar-refractivity contribution in [1.82, 2.24) is 9.88 Å². The molecule has 0 saturated carbocycles. The zero-order valence-corrected chi connectivity index (χ0v) is 12.4. The summed E-state index contributed by atoms with van der Waals surface area (Å²) in [5.74, 6) is 0.240. The van der Waals surface area contributed by atoms with Gasteiger partial charge in [-0.05, 0) is 6.42 Å². The molecule has 0 aliphatic carbocycles. The number of thiazole rings is 1. The van der Waals surface area contributed by atoms with Crippen molar-refractivity contribution in [2.75, 3.05) is 13.1 Å². The normalized spacial score (nSPS) is 15.8. The van der Waals surface area contributed by atoms with Crippen molar-refractivity contribution in [2.24, 2.45) is 0 Å². The predicted octanol–water partition coefficient (Wildman–Crippen LogP) is 3.01. The number of Topliss-reactive ketones (excluding diaryl/α,β-unsaturated/α-hetero) is 1. The van der Waals surface area contributed by atoms with Crippen LogP contribution in [0.5, 0.6) is 0 Å². The number of hydrogen-bond donors (Lipinski definition) is 0. The van der Waals surface area contributed by atoms with Gasteiger partial charge in [-0.15, -0.1) is 11.3 Å². The lowest BCUT2D eigenvalue weighted by Gasteiger charge is -2.18. The van der Waals surface area contributed by atoms with Gasteiger partial charge in [0.05, 0.1) is 6.20 Å². The molecule has 0 atom stereocenters. The third kappa shape index (κ3) is 3.19. The Balaban J connectivity index is 1.76. The summed E-state index contributed by atoms with van der Waals surface area (Å²) in [6, 6.07) is 9.84. The molecule has 4 nitrogen and oxygen atoms in total. The molecule has 0 spiro atoms. The fourth-order valence-electron chi connectivity index (χ4n) is 2.41. The minimum Gasteiger partial charge on any atom is -0.337 e. The maximum absolute atomic E-state index is 12.5. The van der Waals surface area contributed by atoms with Crippen molar-refractivity contribution in [3.63, 3.8) is 0 Å². The first-order chi connectivity index (χ1) is 10.2. The van der Waals surface area contributed by atoms with Crippen molar-refractivity contribution >= 4 is 23.0 Å². The Morgan fingerprint density at radius 2 is 1.95 bits per heavy atom. The highest BCUT2D eigenvalue weighted by molar-refractivity contribution is 7.16. The van der Waals surface area contributed by atoms with E-state index in [0.717, 1.165) is 17.0 Å². The Kier molecular flexibility index (Phi) is 4.10. The first-order valence-corrected chi connectivity index (χ1v) is 7.88. The van der Waals surface area contributed by atoms with E-state index < -0.39 is 0 Å². The number of likely N-dealkylation sites (tertiary alicyclic amines) is 1. The SMILES string of the molecule is O=C1CCCN(C(=O)c2cnc(-c3ccccc3)s2)CC1. The van der Waals surface area contributed by atoms with E-state index in [1.807, 2.05) is 30.3 Å². The summed E-state index contributed by atoms with van der Waals surface area (Å²) in [4.78, 5) is 30.7. The molecular weight excluding hydrogens is 284 g/mol. The Bertz CT molecular complexity index is 651. The van der Waals surface area contributed by atoms with Crippen molar-refractivity contribution < 1.29 is 9.59 Å². The Labute approximate surface area is 127 Å². The van der Waals surface area contributed by atoms with E-state index >= 15 is 0 Å². The molecule has 2 aromatic rings. The fourth-order valence-corrected chi connectivity index (χ4v) is 3.30. The van der Waals surface area contributed by atoms with Gasteiger partial charge in [0.2, 0.25) is 0 Å². The number of carbonyl (C=O) groups is 2. The van der Waals surface area contributed by atoms with Gasteiger partial charge in [0.1, 0.15) is 15.7 Å². The van der Waals surface area contributed by atoms with Crippen LogP contribution in [0.25, 0.3) is 10.6 Å². The van der Waals surface area contributed by atoms with E-state index in [1.54, 1.807) is 11.1 Å². The largest absolute Gasteiger partial charge is 0.337 e. The van der Waals surface area contributed by atoms with Crippen LogP contribution in [0.2, 0.25) is 0 Å². The van der Waals surface area contributed by atoms with E-state index in [9.17, 15) is 9.59 Å². The van der Waals surface area contributed by atoms with Gasteiger partial charge in [-0.2, -0.15) is 0 Å². The Morgan fingerprint density at radius 3 is 2.76 bits per heavy atom.